The number of urea groups is 1. The molecule has 2 rings (SSSR count). The molecule has 1 aromatic heterocycles. The van der Waals surface area contributed by atoms with Gasteiger partial charge in [0, 0.05) is 0 Å². The Labute approximate surface area is 178 Å². The summed E-state index contributed by atoms with van der Waals surface area (Å²) in [5, 5.41) is 2.93. The molecule has 0 aliphatic carbocycles. The average molecular weight is 464 g/mol. The van der Waals surface area contributed by atoms with Crippen molar-refractivity contribution >= 4 is 37.9 Å². The van der Waals surface area contributed by atoms with Gasteiger partial charge in [-0.25, -0.2) is 0 Å². The number of hydrogen-bond acceptors (Lipinski definition) is 6. The Morgan fingerprint density at radius 3 is 2.59 bits per heavy atom. The van der Waals surface area contributed by atoms with E-state index in [0.29, 0.717) is 36.0 Å². The minimum atomic E-state index is -0.592. The number of nitrogens with zero attached hydrogens (tertiary/aromatic N) is 3. The molecule has 2 aromatic rings. The average Bonchev–Trinajstić information content (AvgIpc) is 2.72. The van der Waals surface area contributed by atoms with Gasteiger partial charge < -0.3 is 0 Å². The van der Waals surface area contributed by atoms with Crippen molar-refractivity contribution in [3.05, 3.63) is 36.5 Å². The van der Waals surface area contributed by atoms with Crippen LogP contribution in [0.15, 0.2) is 36.5 Å². The van der Waals surface area contributed by atoms with E-state index in [-0.39, 0.29) is 6.03 Å². The van der Waals surface area contributed by atoms with E-state index in [1.165, 1.54) is 0 Å². The summed E-state index contributed by atoms with van der Waals surface area (Å²) in [6, 6.07) is 8.79. The molecule has 29 heavy (non-hydrogen) atoms. The van der Waals surface area contributed by atoms with Gasteiger partial charge in [0.1, 0.15) is 0 Å². The molecule has 2 amide bonds. The maximum atomic E-state index is 13.0. The molecule has 1 heterocycles. The number of ether oxygens (including phenoxy) is 3. The van der Waals surface area contributed by atoms with Gasteiger partial charge in [-0.3, -0.25) is 0 Å². The maximum absolute atomic E-state index is 13.0. The van der Waals surface area contributed by atoms with Gasteiger partial charge in [0.25, 0.3) is 0 Å². The van der Waals surface area contributed by atoms with Crippen LogP contribution >= 0.6 is 0 Å². The molecule has 0 fully saturated rings. The van der Waals surface area contributed by atoms with E-state index in [1.807, 2.05) is 24.3 Å². The quantitative estimate of drug-likeness (QED) is 0.404. The third-order valence-electron chi connectivity index (χ3n) is 4.00. The van der Waals surface area contributed by atoms with Gasteiger partial charge in [-0.15, -0.1) is 0 Å². The molecule has 0 bridgehead atoms. The molecule has 8 nitrogen and oxygen atoms in total. The molecule has 1 N–H and O–H groups in total. The van der Waals surface area contributed by atoms with Crippen LogP contribution < -0.4 is 19.6 Å². The van der Waals surface area contributed by atoms with Crippen LogP contribution in [0.2, 0.25) is 4.71 Å². The van der Waals surface area contributed by atoms with Gasteiger partial charge in [0.2, 0.25) is 0 Å². The zero-order valence-electron chi connectivity index (χ0n) is 17.3. The summed E-state index contributed by atoms with van der Waals surface area (Å²) >= 11 is -0.592. The zero-order valence-corrected chi connectivity index (χ0v) is 19.4. The number of carbonyl (C=O) groups is 1. The number of amides is 2. The Morgan fingerprint density at radius 1 is 1.17 bits per heavy atom. The summed E-state index contributed by atoms with van der Waals surface area (Å²) in [5.41, 5.74) is 0.699. The van der Waals surface area contributed by atoms with Crippen molar-refractivity contribution in [3.63, 3.8) is 0 Å². The predicted molar refractivity (Wildman–Crippen MR) is 115 cm³/mol. The molecule has 1 aromatic carbocycles. The number of nitrogens with one attached hydrogen (secondary N) is 1. The van der Waals surface area contributed by atoms with Crippen molar-refractivity contribution < 1.29 is 19.0 Å². The van der Waals surface area contributed by atoms with Crippen molar-refractivity contribution in [2.75, 3.05) is 46.0 Å². The van der Waals surface area contributed by atoms with Gasteiger partial charge >= 0.3 is 179 Å². The molecule has 0 radical (unpaired) electrons. The number of rotatable bonds is 11. The Balaban J connectivity index is 2.27. The van der Waals surface area contributed by atoms with Crippen molar-refractivity contribution in [3.8, 4) is 5.75 Å². The van der Waals surface area contributed by atoms with Crippen molar-refractivity contribution in [2.24, 2.45) is 0 Å². The number of aromatic nitrogens is 2. The Morgan fingerprint density at radius 2 is 1.93 bits per heavy atom. The topological polar surface area (TPSA) is 85.8 Å². The summed E-state index contributed by atoms with van der Waals surface area (Å²) in [4.78, 5) is 23.6. The van der Waals surface area contributed by atoms with Crippen LogP contribution in [0.3, 0.4) is 0 Å². The van der Waals surface area contributed by atoms with Crippen molar-refractivity contribution in [2.45, 2.75) is 18.1 Å². The van der Waals surface area contributed by atoms with Gasteiger partial charge in [-0.2, -0.15) is 0 Å². The Bertz CT molecular complexity index is 760. The molecule has 0 aliphatic heterocycles. The van der Waals surface area contributed by atoms with Crippen LogP contribution in [0, 0.1) is 0 Å². The van der Waals surface area contributed by atoms with E-state index < -0.39 is 15.8 Å². The number of benzene rings is 1. The first kappa shape index (κ1) is 23.1. The van der Waals surface area contributed by atoms with Crippen LogP contribution in [-0.2, 0) is 9.47 Å². The minimum absolute atomic E-state index is 0.249. The predicted octanol–water partition coefficient (Wildman–Crippen LogP) is 1.89. The second-order valence-electron chi connectivity index (χ2n) is 6.35. The van der Waals surface area contributed by atoms with Crippen molar-refractivity contribution in [1.82, 2.24) is 15.3 Å². The molecule has 0 aliphatic rings. The van der Waals surface area contributed by atoms with Gasteiger partial charge in [0.05, 0.1) is 0 Å². The summed E-state index contributed by atoms with van der Waals surface area (Å²) in [7, 11) is 4.94. The monoisotopic (exact) mass is 464 g/mol. The summed E-state index contributed by atoms with van der Waals surface area (Å²) in [5.74, 6) is 1.26. The second-order valence-corrected chi connectivity index (χ2v) is 9.96. The fourth-order valence-corrected chi connectivity index (χ4v) is 4.77. The Hall–Kier alpha value is -2.15. The van der Waals surface area contributed by atoms with Gasteiger partial charge in [0.15, 0.2) is 0 Å². The van der Waals surface area contributed by atoms with Crippen LogP contribution in [0.4, 0.5) is 16.3 Å². The molecule has 0 saturated carbocycles. The third-order valence-corrected chi connectivity index (χ3v) is 6.43. The second kappa shape index (κ2) is 12.4. The van der Waals surface area contributed by atoms with Crippen LogP contribution in [-0.4, -0.2) is 72.8 Å². The van der Waals surface area contributed by atoms with Gasteiger partial charge in [-0.1, -0.05) is 0 Å². The normalized spacial score (nSPS) is 12.1. The first-order valence-electron chi connectivity index (χ1n) is 9.38. The van der Waals surface area contributed by atoms with Crippen LogP contribution in [0.25, 0.3) is 0 Å². The first-order chi connectivity index (χ1) is 14.1. The zero-order chi connectivity index (χ0) is 21.1. The molecular weight excluding hydrogens is 435 g/mol. The van der Waals surface area contributed by atoms with E-state index in [1.54, 1.807) is 38.5 Å². The Kier molecular flexibility index (Phi) is 9.91. The summed E-state index contributed by atoms with van der Waals surface area (Å²) in [6.07, 6.45) is 2.43. The molecule has 9 heteroatoms. The van der Waals surface area contributed by atoms with E-state index in [4.69, 9.17) is 14.2 Å². The fourth-order valence-electron chi connectivity index (χ4n) is 2.63. The van der Waals surface area contributed by atoms with Crippen molar-refractivity contribution in [1.29, 1.82) is 0 Å². The van der Waals surface area contributed by atoms with Crippen LogP contribution in [0.5, 0.6) is 5.75 Å². The standard InChI is InChI=1S/C20H29AsN4O4/c1-15(14-28-3)21-19-22-12-10-18(24-19)25(20(26)23-11-5-13-27-2)16-6-8-17(29-4)9-7-16/h6-10,12,15,21H,5,11,13-14H2,1-4H3,(H,23,26)/t15-/m0/s1. The SMILES string of the molecule is COCCCNC(=O)N(c1ccc(OC)cc1)c1ccnc([AsH][C@@H](C)COC)n1. The molecule has 158 valence electrons. The molecule has 1 unspecified atom stereocenters. The molecular formula is C20H29AsN4O4. The fraction of sp³-hybridized carbons (Fsp3) is 0.450. The number of carbonyl (C=O) groups excluding carboxylic acids is 1. The number of anilines is 2. The number of hydrogen-bond donors (Lipinski definition) is 1. The van der Waals surface area contributed by atoms with E-state index in [0.717, 1.165) is 16.8 Å². The third kappa shape index (κ3) is 7.31. The van der Waals surface area contributed by atoms with Crippen LogP contribution in [0.1, 0.15) is 13.3 Å². The van der Waals surface area contributed by atoms with E-state index in [2.05, 4.69) is 22.2 Å². The number of methoxy groups -OCH3 is 3. The molecule has 2 atom stereocenters. The summed E-state index contributed by atoms with van der Waals surface area (Å²) < 4.78 is 16.7. The summed E-state index contributed by atoms with van der Waals surface area (Å²) in [6.45, 7) is 3.90. The van der Waals surface area contributed by atoms with E-state index >= 15 is 0 Å². The first-order valence-corrected chi connectivity index (χ1v) is 11.6. The van der Waals surface area contributed by atoms with E-state index in [9.17, 15) is 4.79 Å². The molecule has 0 spiro atoms. The molecule has 0 saturated heterocycles. The van der Waals surface area contributed by atoms with Gasteiger partial charge in [-0.05, 0) is 0 Å².